The summed E-state index contributed by atoms with van der Waals surface area (Å²) in [5.41, 5.74) is 1.27. The summed E-state index contributed by atoms with van der Waals surface area (Å²) in [6.07, 6.45) is 2.35. The molecule has 0 bridgehead atoms. The molecule has 0 aromatic heterocycles. The molecule has 0 N–H and O–H groups in total. The minimum atomic E-state index is 0.758. The quantitative estimate of drug-likeness (QED) is 0.642. The van der Waals surface area contributed by atoms with Crippen LogP contribution in [-0.4, -0.2) is 51.9 Å². The summed E-state index contributed by atoms with van der Waals surface area (Å²) >= 11 is 0. The minimum absolute atomic E-state index is 0.758. The van der Waals surface area contributed by atoms with E-state index in [1.807, 2.05) is 0 Å². The number of likely N-dealkylation sites (N-methyl/N-ethyl adjacent to an activating group) is 1. The molecule has 114 valence electrons. The molecule has 0 unspecified atom stereocenters. The Morgan fingerprint density at radius 2 is 1.70 bits per heavy atom. The van der Waals surface area contributed by atoms with Gasteiger partial charge in [0.2, 0.25) is 0 Å². The van der Waals surface area contributed by atoms with Crippen molar-refractivity contribution in [3.63, 3.8) is 0 Å². The van der Waals surface area contributed by atoms with Crippen molar-refractivity contribution in [3.05, 3.63) is 24.3 Å². The van der Waals surface area contributed by atoms with Crippen molar-refractivity contribution in [2.45, 2.75) is 26.7 Å². The molecule has 0 atom stereocenters. The molecule has 0 aliphatic carbocycles. The molecular weight excluding hydrogens is 248 g/mol. The van der Waals surface area contributed by atoms with Gasteiger partial charge in [-0.1, -0.05) is 19.9 Å². The van der Waals surface area contributed by atoms with E-state index in [4.69, 9.17) is 4.74 Å². The van der Waals surface area contributed by atoms with Crippen LogP contribution in [0, 0.1) is 0 Å². The van der Waals surface area contributed by atoms with E-state index in [-0.39, 0.29) is 0 Å². The molecular formula is C17H31N2O+. The monoisotopic (exact) mass is 279 g/mol. The highest BCUT2D eigenvalue weighted by Crippen LogP contribution is 2.21. The van der Waals surface area contributed by atoms with Gasteiger partial charge in [-0.05, 0) is 25.0 Å². The van der Waals surface area contributed by atoms with E-state index in [0.717, 1.165) is 36.5 Å². The van der Waals surface area contributed by atoms with Crippen molar-refractivity contribution < 1.29 is 9.22 Å². The lowest BCUT2D eigenvalue weighted by Crippen LogP contribution is -2.38. The van der Waals surface area contributed by atoms with Gasteiger partial charge in [-0.3, -0.25) is 0 Å². The lowest BCUT2D eigenvalue weighted by molar-refractivity contribution is -0.870. The zero-order chi connectivity index (χ0) is 15.0. The standard InChI is InChI=1S/C17H31N2O/c1-6-11-18(12-7-2)16-9-8-10-17(15-16)20-14-13-19(3,4)5/h8-10,15H,6-7,11-14H2,1-5H3/q+1. The first-order chi connectivity index (χ1) is 9.46. The molecule has 1 aromatic rings. The van der Waals surface area contributed by atoms with Crippen LogP contribution in [-0.2, 0) is 0 Å². The van der Waals surface area contributed by atoms with E-state index in [1.54, 1.807) is 0 Å². The number of hydrogen-bond acceptors (Lipinski definition) is 2. The lowest BCUT2D eigenvalue weighted by atomic mass is 10.2. The Bertz CT molecular complexity index is 379. The van der Waals surface area contributed by atoms with Crippen LogP contribution in [0.15, 0.2) is 24.3 Å². The Morgan fingerprint density at radius 1 is 1.05 bits per heavy atom. The third kappa shape index (κ3) is 6.29. The first kappa shape index (κ1) is 16.8. The fourth-order valence-corrected chi connectivity index (χ4v) is 2.12. The number of benzene rings is 1. The first-order valence-electron chi connectivity index (χ1n) is 7.74. The average Bonchev–Trinajstić information content (AvgIpc) is 2.37. The normalized spacial score (nSPS) is 11.4. The molecule has 0 saturated carbocycles. The summed E-state index contributed by atoms with van der Waals surface area (Å²) in [6.45, 7) is 8.44. The summed E-state index contributed by atoms with van der Waals surface area (Å²) in [7, 11) is 6.55. The highest BCUT2D eigenvalue weighted by molar-refractivity contribution is 5.50. The molecule has 0 radical (unpaired) electrons. The number of anilines is 1. The maximum Gasteiger partial charge on any atom is 0.137 e. The second kappa shape index (κ2) is 8.15. The maximum atomic E-state index is 5.89. The van der Waals surface area contributed by atoms with Gasteiger partial charge in [0, 0.05) is 24.8 Å². The van der Waals surface area contributed by atoms with E-state index < -0.39 is 0 Å². The van der Waals surface area contributed by atoms with Gasteiger partial charge in [0.05, 0.1) is 21.1 Å². The molecule has 20 heavy (non-hydrogen) atoms. The zero-order valence-corrected chi connectivity index (χ0v) is 13.9. The number of nitrogens with zero attached hydrogens (tertiary/aromatic N) is 2. The van der Waals surface area contributed by atoms with Crippen LogP contribution in [0.25, 0.3) is 0 Å². The van der Waals surface area contributed by atoms with Crippen LogP contribution in [0.3, 0.4) is 0 Å². The average molecular weight is 279 g/mol. The van der Waals surface area contributed by atoms with Crippen LogP contribution >= 0.6 is 0 Å². The Hall–Kier alpha value is -1.22. The Labute approximate surface area is 124 Å². The second-order valence-electron chi connectivity index (χ2n) is 6.35. The van der Waals surface area contributed by atoms with E-state index >= 15 is 0 Å². The van der Waals surface area contributed by atoms with Gasteiger partial charge in [0.1, 0.15) is 18.9 Å². The van der Waals surface area contributed by atoms with E-state index in [0.29, 0.717) is 0 Å². The Morgan fingerprint density at radius 3 is 2.25 bits per heavy atom. The predicted octanol–water partition coefficient (Wildman–Crippen LogP) is 3.40. The molecule has 1 rings (SSSR count). The fraction of sp³-hybridized carbons (Fsp3) is 0.647. The van der Waals surface area contributed by atoms with Crippen LogP contribution in [0.1, 0.15) is 26.7 Å². The number of quaternary nitrogens is 1. The van der Waals surface area contributed by atoms with Gasteiger partial charge < -0.3 is 14.1 Å². The molecule has 0 saturated heterocycles. The summed E-state index contributed by atoms with van der Waals surface area (Å²) in [5.74, 6) is 0.980. The highest BCUT2D eigenvalue weighted by atomic mass is 16.5. The number of rotatable bonds is 9. The van der Waals surface area contributed by atoms with Crippen LogP contribution in [0.2, 0.25) is 0 Å². The second-order valence-corrected chi connectivity index (χ2v) is 6.35. The number of hydrogen-bond donors (Lipinski definition) is 0. The van der Waals surface area contributed by atoms with Gasteiger partial charge in [-0.2, -0.15) is 0 Å². The molecule has 3 nitrogen and oxygen atoms in total. The summed E-state index contributed by atoms with van der Waals surface area (Å²) in [4.78, 5) is 2.44. The van der Waals surface area contributed by atoms with Crippen molar-refractivity contribution in [2.75, 3.05) is 52.3 Å². The van der Waals surface area contributed by atoms with Crippen molar-refractivity contribution in [2.24, 2.45) is 0 Å². The van der Waals surface area contributed by atoms with Crippen molar-refractivity contribution in [3.8, 4) is 5.75 Å². The third-order valence-electron chi connectivity index (χ3n) is 3.20. The van der Waals surface area contributed by atoms with Gasteiger partial charge in [0.15, 0.2) is 0 Å². The lowest BCUT2D eigenvalue weighted by Gasteiger charge is -2.25. The summed E-state index contributed by atoms with van der Waals surface area (Å²) in [6, 6.07) is 8.49. The molecule has 1 aromatic carbocycles. The first-order valence-corrected chi connectivity index (χ1v) is 7.74. The molecule has 0 aliphatic heterocycles. The largest absolute Gasteiger partial charge is 0.488 e. The van der Waals surface area contributed by atoms with Gasteiger partial charge in [0.25, 0.3) is 0 Å². The van der Waals surface area contributed by atoms with Crippen molar-refractivity contribution in [1.29, 1.82) is 0 Å². The van der Waals surface area contributed by atoms with Crippen LogP contribution in [0.4, 0.5) is 5.69 Å². The van der Waals surface area contributed by atoms with Gasteiger partial charge in [-0.15, -0.1) is 0 Å². The van der Waals surface area contributed by atoms with Crippen LogP contribution in [0.5, 0.6) is 5.75 Å². The summed E-state index contributed by atoms with van der Waals surface area (Å²) < 4.78 is 6.81. The van der Waals surface area contributed by atoms with E-state index in [2.05, 4.69) is 64.2 Å². The molecule has 0 fully saturated rings. The van der Waals surface area contributed by atoms with E-state index in [9.17, 15) is 0 Å². The molecule has 0 spiro atoms. The highest BCUT2D eigenvalue weighted by Gasteiger charge is 2.08. The zero-order valence-electron chi connectivity index (χ0n) is 13.9. The topological polar surface area (TPSA) is 12.5 Å². The number of ether oxygens (including phenoxy) is 1. The van der Waals surface area contributed by atoms with Crippen molar-refractivity contribution in [1.82, 2.24) is 0 Å². The van der Waals surface area contributed by atoms with Gasteiger partial charge >= 0.3 is 0 Å². The fourth-order valence-electron chi connectivity index (χ4n) is 2.12. The molecule has 0 amide bonds. The molecule has 3 heteroatoms. The molecule has 0 heterocycles. The molecule has 0 aliphatic rings. The SMILES string of the molecule is CCCN(CCC)c1cccc(OCC[N+](C)(C)C)c1. The van der Waals surface area contributed by atoms with Gasteiger partial charge in [-0.25, -0.2) is 0 Å². The van der Waals surface area contributed by atoms with E-state index in [1.165, 1.54) is 18.5 Å². The third-order valence-corrected chi connectivity index (χ3v) is 3.20. The summed E-state index contributed by atoms with van der Waals surface area (Å²) in [5, 5.41) is 0. The Balaban J connectivity index is 2.64. The minimum Gasteiger partial charge on any atom is -0.488 e. The predicted molar refractivity (Wildman–Crippen MR) is 87.6 cm³/mol. The van der Waals surface area contributed by atoms with Crippen molar-refractivity contribution >= 4 is 5.69 Å². The maximum absolute atomic E-state index is 5.89. The van der Waals surface area contributed by atoms with Crippen LogP contribution < -0.4 is 9.64 Å². The smallest absolute Gasteiger partial charge is 0.137 e. The Kier molecular flexibility index (Phi) is 6.86.